The van der Waals surface area contributed by atoms with Crippen LogP contribution in [0.15, 0.2) is 42.5 Å². The van der Waals surface area contributed by atoms with Gasteiger partial charge in [-0.1, -0.05) is 18.9 Å². The first kappa shape index (κ1) is 20.9. The molecule has 5 rings (SSSR count). The second-order valence-corrected chi connectivity index (χ2v) is 9.08. The highest BCUT2D eigenvalue weighted by molar-refractivity contribution is 5.97. The van der Waals surface area contributed by atoms with Crippen molar-refractivity contribution in [3.05, 3.63) is 53.6 Å². The van der Waals surface area contributed by atoms with Crippen LogP contribution in [0.4, 0.5) is 5.69 Å². The molecule has 3 aliphatic rings. The van der Waals surface area contributed by atoms with Crippen molar-refractivity contribution in [2.45, 2.75) is 50.4 Å². The van der Waals surface area contributed by atoms with Crippen molar-refractivity contribution >= 4 is 17.5 Å². The summed E-state index contributed by atoms with van der Waals surface area (Å²) in [6, 6.07) is 13.6. The highest BCUT2D eigenvalue weighted by atomic mass is 16.6. The van der Waals surface area contributed by atoms with Crippen LogP contribution in [0, 0.1) is 0 Å². The molecular weight excluding hydrogens is 404 g/mol. The summed E-state index contributed by atoms with van der Waals surface area (Å²) in [5.74, 6) is 1.68. The summed E-state index contributed by atoms with van der Waals surface area (Å²) >= 11 is 0. The van der Waals surface area contributed by atoms with Gasteiger partial charge in [0.05, 0.1) is 0 Å². The Kier molecular flexibility index (Phi) is 5.77. The topological polar surface area (TPSA) is 67.9 Å². The van der Waals surface area contributed by atoms with Gasteiger partial charge in [-0.3, -0.25) is 9.59 Å². The van der Waals surface area contributed by atoms with Gasteiger partial charge in [0.1, 0.15) is 13.2 Å². The SMILES string of the molecule is O=C(NCC1(c2ccc3c(c2)OCCO3)CCCC1)c1ccc(N2CCCCC2=O)cc1. The van der Waals surface area contributed by atoms with Crippen molar-refractivity contribution in [3.63, 3.8) is 0 Å². The van der Waals surface area contributed by atoms with E-state index in [0.29, 0.717) is 31.7 Å². The number of nitrogens with zero attached hydrogens (tertiary/aromatic N) is 1. The number of piperidine rings is 1. The molecule has 6 nitrogen and oxygen atoms in total. The van der Waals surface area contributed by atoms with Crippen molar-refractivity contribution < 1.29 is 19.1 Å². The minimum atomic E-state index is -0.0784. The van der Waals surface area contributed by atoms with E-state index in [0.717, 1.165) is 62.3 Å². The number of anilines is 1. The Morgan fingerprint density at radius 3 is 2.44 bits per heavy atom. The fourth-order valence-corrected chi connectivity index (χ4v) is 5.22. The van der Waals surface area contributed by atoms with Crippen LogP contribution in [0.5, 0.6) is 11.5 Å². The van der Waals surface area contributed by atoms with Crippen LogP contribution in [0.25, 0.3) is 0 Å². The van der Waals surface area contributed by atoms with Crippen LogP contribution in [0.3, 0.4) is 0 Å². The highest BCUT2D eigenvalue weighted by Gasteiger charge is 2.37. The monoisotopic (exact) mass is 434 g/mol. The Labute approximate surface area is 188 Å². The van der Waals surface area contributed by atoms with Crippen LogP contribution in [-0.2, 0) is 10.2 Å². The third kappa shape index (κ3) is 4.06. The first-order valence-electron chi connectivity index (χ1n) is 11.7. The molecule has 0 atom stereocenters. The van der Waals surface area contributed by atoms with Crippen molar-refractivity contribution in [1.82, 2.24) is 5.32 Å². The Morgan fingerprint density at radius 1 is 0.938 bits per heavy atom. The quantitative estimate of drug-likeness (QED) is 0.765. The standard InChI is InChI=1S/C26H30N2O4/c29-24-5-1-4-14-28(24)21-9-6-19(7-10-21)25(30)27-18-26(12-2-3-13-26)20-8-11-22-23(17-20)32-16-15-31-22/h6-11,17H,1-5,12-16,18H2,(H,27,30). The van der Waals surface area contributed by atoms with E-state index < -0.39 is 0 Å². The lowest BCUT2D eigenvalue weighted by molar-refractivity contribution is -0.119. The van der Waals surface area contributed by atoms with E-state index in [1.807, 2.05) is 35.2 Å². The van der Waals surface area contributed by atoms with E-state index in [9.17, 15) is 9.59 Å². The summed E-state index contributed by atoms with van der Waals surface area (Å²) in [4.78, 5) is 26.9. The van der Waals surface area contributed by atoms with Crippen LogP contribution >= 0.6 is 0 Å². The lowest BCUT2D eigenvalue weighted by Crippen LogP contribution is -2.39. The largest absolute Gasteiger partial charge is 0.486 e. The summed E-state index contributed by atoms with van der Waals surface area (Å²) in [7, 11) is 0. The molecule has 6 heteroatoms. The molecular formula is C26H30N2O4. The maximum absolute atomic E-state index is 12.9. The zero-order valence-corrected chi connectivity index (χ0v) is 18.4. The fourth-order valence-electron chi connectivity index (χ4n) is 5.22. The molecule has 0 spiro atoms. The van der Waals surface area contributed by atoms with Gasteiger partial charge in [0.15, 0.2) is 11.5 Å². The predicted molar refractivity (Wildman–Crippen MR) is 123 cm³/mol. The van der Waals surface area contributed by atoms with Crippen molar-refractivity contribution in [2.75, 3.05) is 31.2 Å². The summed E-state index contributed by atoms with van der Waals surface area (Å²) in [6.07, 6.45) is 6.98. The number of benzene rings is 2. The molecule has 168 valence electrons. The third-order valence-electron chi connectivity index (χ3n) is 7.07. The molecule has 2 fully saturated rings. The van der Waals surface area contributed by atoms with Crippen molar-refractivity contribution in [2.24, 2.45) is 0 Å². The molecule has 2 heterocycles. The molecule has 2 amide bonds. The Bertz CT molecular complexity index is 995. The van der Waals surface area contributed by atoms with Gasteiger partial charge < -0.3 is 19.7 Å². The number of nitrogens with one attached hydrogen (secondary N) is 1. The van der Waals surface area contributed by atoms with Gasteiger partial charge in [0.2, 0.25) is 5.91 Å². The molecule has 2 aromatic rings. The highest BCUT2D eigenvalue weighted by Crippen LogP contribution is 2.43. The second kappa shape index (κ2) is 8.85. The van der Waals surface area contributed by atoms with E-state index in [2.05, 4.69) is 17.4 Å². The average molecular weight is 435 g/mol. The first-order chi connectivity index (χ1) is 15.6. The van der Waals surface area contributed by atoms with Crippen LogP contribution in [0.1, 0.15) is 60.9 Å². The minimum Gasteiger partial charge on any atom is -0.486 e. The number of amides is 2. The number of fused-ring (bicyclic) bond motifs is 1. The molecule has 0 unspecified atom stereocenters. The fraction of sp³-hybridized carbons (Fsp3) is 0.462. The lowest BCUT2D eigenvalue weighted by Gasteiger charge is -2.31. The maximum Gasteiger partial charge on any atom is 0.251 e. The average Bonchev–Trinajstić information content (AvgIpc) is 3.33. The summed E-state index contributed by atoms with van der Waals surface area (Å²) in [5, 5.41) is 3.18. The lowest BCUT2D eigenvalue weighted by atomic mass is 9.78. The number of rotatable bonds is 5. The Hall–Kier alpha value is -3.02. The normalized spacial score (nSPS) is 19.6. The summed E-state index contributed by atoms with van der Waals surface area (Å²) in [6.45, 7) is 2.50. The van der Waals surface area contributed by atoms with E-state index >= 15 is 0 Å². The molecule has 1 aliphatic carbocycles. The second-order valence-electron chi connectivity index (χ2n) is 9.08. The molecule has 2 aliphatic heterocycles. The van der Waals surface area contributed by atoms with E-state index in [-0.39, 0.29) is 17.2 Å². The number of ether oxygens (including phenoxy) is 2. The van der Waals surface area contributed by atoms with E-state index in [4.69, 9.17) is 9.47 Å². The zero-order chi connectivity index (χ0) is 22.0. The van der Waals surface area contributed by atoms with Gasteiger partial charge in [-0.05, 0) is 67.6 Å². The van der Waals surface area contributed by atoms with Crippen LogP contribution in [0.2, 0.25) is 0 Å². The summed E-state index contributed by atoms with van der Waals surface area (Å²) in [5.41, 5.74) is 2.62. The molecule has 0 radical (unpaired) electrons. The zero-order valence-electron chi connectivity index (χ0n) is 18.4. The Morgan fingerprint density at radius 2 is 1.69 bits per heavy atom. The first-order valence-corrected chi connectivity index (χ1v) is 11.7. The number of carbonyl (C=O) groups is 2. The van der Waals surface area contributed by atoms with Gasteiger partial charge in [-0.15, -0.1) is 0 Å². The third-order valence-corrected chi connectivity index (χ3v) is 7.07. The molecule has 0 bridgehead atoms. The van der Waals surface area contributed by atoms with Gasteiger partial charge in [-0.2, -0.15) is 0 Å². The van der Waals surface area contributed by atoms with Gasteiger partial charge in [-0.25, -0.2) is 0 Å². The molecule has 0 aromatic heterocycles. The Balaban J connectivity index is 1.28. The smallest absolute Gasteiger partial charge is 0.251 e. The number of hydrogen-bond donors (Lipinski definition) is 1. The molecule has 1 N–H and O–H groups in total. The van der Waals surface area contributed by atoms with Gasteiger partial charge >= 0.3 is 0 Å². The molecule has 1 saturated carbocycles. The maximum atomic E-state index is 12.9. The molecule has 2 aromatic carbocycles. The predicted octanol–water partition coefficient (Wildman–Crippen LogP) is 4.22. The number of hydrogen-bond acceptors (Lipinski definition) is 4. The number of carbonyl (C=O) groups excluding carboxylic acids is 2. The van der Waals surface area contributed by atoms with E-state index in [1.165, 1.54) is 5.56 Å². The molecule has 1 saturated heterocycles. The summed E-state index contributed by atoms with van der Waals surface area (Å²) < 4.78 is 11.5. The van der Waals surface area contributed by atoms with E-state index in [1.54, 1.807) is 0 Å². The van der Waals surface area contributed by atoms with Crippen LogP contribution in [-0.4, -0.2) is 38.1 Å². The minimum absolute atomic E-state index is 0.0777. The van der Waals surface area contributed by atoms with Gasteiger partial charge in [0, 0.05) is 36.2 Å². The van der Waals surface area contributed by atoms with Crippen molar-refractivity contribution in [3.8, 4) is 11.5 Å². The van der Waals surface area contributed by atoms with Crippen LogP contribution < -0.4 is 19.7 Å². The van der Waals surface area contributed by atoms with Gasteiger partial charge in [0.25, 0.3) is 5.91 Å². The van der Waals surface area contributed by atoms with Crippen molar-refractivity contribution in [1.29, 1.82) is 0 Å². The molecule has 32 heavy (non-hydrogen) atoms.